The number of nitrogens with one attached hydrogen (secondary N) is 2. The van der Waals surface area contributed by atoms with Crippen LogP contribution in [0, 0.1) is 12.3 Å². The number of benzene rings is 1. The van der Waals surface area contributed by atoms with Crippen molar-refractivity contribution in [2.75, 3.05) is 38.6 Å². The molecule has 3 rings (SSSR count). The van der Waals surface area contributed by atoms with E-state index in [0.717, 1.165) is 44.5 Å². The number of ether oxygens (including phenoxy) is 2. The average molecular weight is 461 g/mol. The fourth-order valence-electron chi connectivity index (χ4n) is 5.31. The number of aryl methyl sites for hydroxylation is 1. The average Bonchev–Trinajstić information content (AvgIpc) is 2.75. The van der Waals surface area contributed by atoms with Gasteiger partial charge in [0.15, 0.2) is 0 Å². The number of nitrogens with zero attached hydrogens (tertiary/aromatic N) is 1. The van der Waals surface area contributed by atoms with Gasteiger partial charge in [0, 0.05) is 38.0 Å². The Labute approximate surface area is 199 Å². The molecule has 2 aliphatic rings. The number of rotatable bonds is 11. The fourth-order valence-corrected chi connectivity index (χ4v) is 5.31. The smallest absolute Gasteiger partial charge is 0.412 e. The summed E-state index contributed by atoms with van der Waals surface area (Å²) in [5.41, 5.74) is 7.60. The van der Waals surface area contributed by atoms with E-state index in [4.69, 9.17) is 15.2 Å². The minimum atomic E-state index is -0.387. The molecule has 7 nitrogen and oxygen atoms in total. The molecule has 4 N–H and O–H groups in total. The van der Waals surface area contributed by atoms with Gasteiger partial charge in [-0.05, 0) is 68.8 Å². The summed E-state index contributed by atoms with van der Waals surface area (Å²) in [5.74, 6) is 0.644. The van der Waals surface area contributed by atoms with Crippen LogP contribution in [0.1, 0.15) is 64.4 Å². The van der Waals surface area contributed by atoms with Gasteiger partial charge >= 0.3 is 6.09 Å². The topological polar surface area (TPSA) is 88.9 Å². The van der Waals surface area contributed by atoms with E-state index >= 15 is 0 Å². The number of carbonyl (C=O) groups is 1. The van der Waals surface area contributed by atoms with E-state index in [1.54, 1.807) is 7.11 Å². The summed E-state index contributed by atoms with van der Waals surface area (Å²) in [6.07, 6.45) is 7.44. The van der Waals surface area contributed by atoms with Gasteiger partial charge in [0.05, 0.1) is 12.8 Å². The maximum Gasteiger partial charge on any atom is 0.412 e. The summed E-state index contributed by atoms with van der Waals surface area (Å²) in [7, 11) is 1.61. The molecular weight excluding hydrogens is 416 g/mol. The van der Waals surface area contributed by atoms with Crippen molar-refractivity contribution in [3.8, 4) is 5.75 Å². The van der Waals surface area contributed by atoms with E-state index in [2.05, 4.69) is 29.4 Å². The monoisotopic (exact) mass is 460 g/mol. The first kappa shape index (κ1) is 25.8. The number of methoxy groups -OCH3 is 1. The van der Waals surface area contributed by atoms with Gasteiger partial charge in [0.2, 0.25) is 0 Å². The third-order valence-corrected chi connectivity index (χ3v) is 7.29. The molecule has 2 heterocycles. The molecule has 0 radical (unpaired) electrons. The van der Waals surface area contributed by atoms with Crippen LogP contribution in [0.3, 0.4) is 0 Å². The lowest BCUT2D eigenvalue weighted by Gasteiger charge is -2.49. The quantitative estimate of drug-likeness (QED) is 0.427. The van der Waals surface area contributed by atoms with E-state index in [0.29, 0.717) is 35.5 Å². The van der Waals surface area contributed by atoms with Crippen LogP contribution in [0.4, 0.5) is 10.5 Å². The molecular formula is C26H44N4O3. The highest BCUT2D eigenvalue weighted by Crippen LogP contribution is 2.37. The molecule has 2 saturated heterocycles. The largest absolute Gasteiger partial charge is 0.495 e. The number of amides is 1. The zero-order chi connectivity index (χ0) is 23.8. The number of anilines is 1. The first-order valence-electron chi connectivity index (χ1n) is 12.6. The number of carbonyl (C=O) groups excluding carboxylic acids is 1. The van der Waals surface area contributed by atoms with Gasteiger partial charge in [-0.15, -0.1) is 0 Å². The number of nitrogens with two attached hydrogens (primary N) is 1. The second-order valence-electron chi connectivity index (χ2n) is 10.5. The van der Waals surface area contributed by atoms with Crippen molar-refractivity contribution in [1.82, 2.24) is 10.2 Å². The number of hydrogen-bond donors (Lipinski definition) is 3. The Morgan fingerprint density at radius 1 is 1.18 bits per heavy atom. The van der Waals surface area contributed by atoms with Crippen LogP contribution in [0.5, 0.6) is 5.75 Å². The van der Waals surface area contributed by atoms with Crippen LogP contribution < -0.4 is 21.1 Å². The van der Waals surface area contributed by atoms with Crippen LogP contribution >= 0.6 is 0 Å². The first-order valence-corrected chi connectivity index (χ1v) is 12.6. The van der Waals surface area contributed by atoms with Gasteiger partial charge in [0.25, 0.3) is 0 Å². The molecule has 2 aliphatic heterocycles. The van der Waals surface area contributed by atoms with Crippen molar-refractivity contribution in [1.29, 1.82) is 0 Å². The standard InChI is InChI=1S/C26H44N4O3/c1-19-8-9-24(32-4)23(16-19)29-25(31)33-22-17-20-6-5-7-21(18-22)30(20)15-11-26(2,3)10-13-28-14-12-27/h8-9,16,20-22,28H,5-7,10-15,17-18,27H2,1-4H3,(H,29,31). The van der Waals surface area contributed by atoms with Crippen molar-refractivity contribution in [2.45, 2.75) is 83.9 Å². The first-order chi connectivity index (χ1) is 15.8. The van der Waals surface area contributed by atoms with Crippen LogP contribution in [0.25, 0.3) is 0 Å². The van der Waals surface area contributed by atoms with E-state index in [1.807, 2.05) is 25.1 Å². The number of piperidine rings is 2. The molecule has 7 heteroatoms. The molecule has 2 bridgehead atoms. The lowest BCUT2D eigenvalue weighted by atomic mass is 9.80. The Morgan fingerprint density at radius 2 is 1.91 bits per heavy atom. The molecule has 1 aromatic rings. The summed E-state index contributed by atoms with van der Waals surface area (Å²) in [5, 5.41) is 6.31. The lowest BCUT2D eigenvalue weighted by Crippen LogP contribution is -2.54. The van der Waals surface area contributed by atoms with E-state index in [-0.39, 0.29) is 12.2 Å². The summed E-state index contributed by atoms with van der Waals surface area (Å²) in [4.78, 5) is 15.4. The number of fused-ring (bicyclic) bond motifs is 2. The summed E-state index contributed by atoms with van der Waals surface area (Å²) in [6.45, 7) is 10.5. The second kappa shape index (κ2) is 12.0. The van der Waals surface area contributed by atoms with Crippen molar-refractivity contribution in [2.24, 2.45) is 11.1 Å². The molecule has 186 valence electrons. The molecule has 0 aliphatic carbocycles. The summed E-state index contributed by atoms with van der Waals surface area (Å²) < 4.78 is 11.3. The molecule has 0 saturated carbocycles. The van der Waals surface area contributed by atoms with Gasteiger partial charge in [-0.2, -0.15) is 0 Å². The van der Waals surface area contributed by atoms with Crippen molar-refractivity contribution in [3.05, 3.63) is 23.8 Å². The number of hydrogen-bond acceptors (Lipinski definition) is 6. The minimum absolute atomic E-state index is 0.0270. The lowest BCUT2D eigenvalue weighted by molar-refractivity contribution is -0.0347. The van der Waals surface area contributed by atoms with Gasteiger partial charge in [-0.25, -0.2) is 4.79 Å². The maximum absolute atomic E-state index is 12.6. The predicted octanol–water partition coefficient (Wildman–Crippen LogP) is 4.29. The van der Waals surface area contributed by atoms with Gasteiger partial charge < -0.3 is 20.5 Å². The Balaban J connectivity index is 1.50. The van der Waals surface area contributed by atoms with Crippen LogP contribution in [-0.2, 0) is 4.74 Å². The van der Waals surface area contributed by atoms with Crippen molar-refractivity contribution in [3.63, 3.8) is 0 Å². The third-order valence-electron chi connectivity index (χ3n) is 7.29. The Bertz CT molecular complexity index is 756. The van der Waals surface area contributed by atoms with Gasteiger partial charge in [-0.3, -0.25) is 10.2 Å². The molecule has 2 atom stereocenters. The molecule has 1 aromatic carbocycles. The van der Waals surface area contributed by atoms with E-state index in [9.17, 15) is 4.79 Å². The third kappa shape index (κ3) is 7.59. The van der Waals surface area contributed by atoms with Crippen molar-refractivity contribution >= 4 is 11.8 Å². The molecule has 1 amide bonds. The molecule has 2 fully saturated rings. The Kier molecular flexibility index (Phi) is 9.41. The predicted molar refractivity (Wildman–Crippen MR) is 134 cm³/mol. The molecule has 0 aromatic heterocycles. The van der Waals surface area contributed by atoms with Gasteiger partial charge in [0.1, 0.15) is 11.9 Å². The maximum atomic E-state index is 12.6. The van der Waals surface area contributed by atoms with Gasteiger partial charge in [-0.1, -0.05) is 26.3 Å². The molecule has 33 heavy (non-hydrogen) atoms. The zero-order valence-corrected chi connectivity index (χ0v) is 21.0. The van der Waals surface area contributed by atoms with Crippen LogP contribution in [-0.4, -0.2) is 62.5 Å². The zero-order valence-electron chi connectivity index (χ0n) is 21.0. The molecule has 2 unspecified atom stereocenters. The Hall–Kier alpha value is -1.83. The SMILES string of the molecule is COc1ccc(C)cc1NC(=O)OC1CC2CCCC(C1)N2CCC(C)(C)CCNCCN. The second-order valence-corrected chi connectivity index (χ2v) is 10.5. The highest BCUT2D eigenvalue weighted by atomic mass is 16.6. The normalized spacial score (nSPS) is 23.2. The summed E-state index contributed by atoms with van der Waals surface area (Å²) >= 11 is 0. The Morgan fingerprint density at radius 3 is 2.58 bits per heavy atom. The van der Waals surface area contributed by atoms with Crippen LogP contribution in [0.15, 0.2) is 18.2 Å². The van der Waals surface area contributed by atoms with E-state index < -0.39 is 0 Å². The highest BCUT2D eigenvalue weighted by Gasteiger charge is 2.40. The van der Waals surface area contributed by atoms with E-state index in [1.165, 1.54) is 25.7 Å². The molecule has 0 spiro atoms. The fraction of sp³-hybridized carbons (Fsp3) is 0.731. The highest BCUT2D eigenvalue weighted by molar-refractivity contribution is 5.87. The summed E-state index contributed by atoms with van der Waals surface area (Å²) in [6, 6.07) is 6.75. The van der Waals surface area contributed by atoms with Crippen LogP contribution in [0.2, 0.25) is 0 Å². The van der Waals surface area contributed by atoms with Crippen molar-refractivity contribution < 1.29 is 14.3 Å². The minimum Gasteiger partial charge on any atom is -0.495 e.